The number of nitrogens with two attached hydrogens (primary N) is 1. The van der Waals surface area contributed by atoms with Gasteiger partial charge < -0.3 is 5.73 Å². The molecule has 0 aliphatic carbocycles. The van der Waals surface area contributed by atoms with Crippen molar-refractivity contribution in [3.05, 3.63) is 29.8 Å². The van der Waals surface area contributed by atoms with Crippen LogP contribution in [0.4, 0.5) is 5.69 Å². The van der Waals surface area contributed by atoms with Gasteiger partial charge in [0, 0.05) is 5.69 Å². The molecule has 0 aromatic heterocycles. The minimum atomic E-state index is 0.871. The minimum Gasteiger partial charge on any atom is -0.399 e. The molecule has 1 aromatic rings. The topological polar surface area (TPSA) is 26.0 Å². The molecule has 0 atom stereocenters. The number of hydrogen-bond donors (Lipinski definition) is 1. The van der Waals surface area contributed by atoms with E-state index in [1.807, 2.05) is 18.0 Å². The standard InChI is InChI=1S/C24H43N.CH3Br/c1-2-3-4-5-6-7-8-9-10-11-12-13-14-15-16-17-18-23-19-21-24(25)22-20-23;1-2/h19-22H,2-18,25H2,1H3;1H3. The van der Waals surface area contributed by atoms with Crippen LogP contribution in [0.3, 0.4) is 0 Å². The van der Waals surface area contributed by atoms with E-state index in [1.54, 1.807) is 0 Å². The number of aryl methyl sites for hydroxylation is 1. The Labute approximate surface area is 179 Å². The molecule has 0 bridgehead atoms. The van der Waals surface area contributed by atoms with Crippen LogP contribution in [0.1, 0.15) is 115 Å². The number of nitrogen functional groups attached to an aromatic ring is 1. The predicted molar refractivity (Wildman–Crippen MR) is 129 cm³/mol. The number of benzene rings is 1. The lowest BCUT2D eigenvalue weighted by Gasteiger charge is -2.04. The van der Waals surface area contributed by atoms with Crippen LogP contribution in [0.5, 0.6) is 0 Å². The maximum atomic E-state index is 5.72. The molecule has 2 heteroatoms. The Hall–Kier alpha value is -0.500. The van der Waals surface area contributed by atoms with Gasteiger partial charge >= 0.3 is 0 Å². The lowest BCUT2D eigenvalue weighted by molar-refractivity contribution is 0.529. The first-order chi connectivity index (χ1) is 13.3. The van der Waals surface area contributed by atoms with E-state index in [0.29, 0.717) is 0 Å². The number of halogens is 1. The van der Waals surface area contributed by atoms with Crippen LogP contribution in [0, 0.1) is 0 Å². The van der Waals surface area contributed by atoms with Gasteiger partial charge in [0.1, 0.15) is 0 Å². The number of hydrogen-bond acceptors (Lipinski definition) is 1. The van der Waals surface area contributed by atoms with Crippen molar-refractivity contribution in [1.82, 2.24) is 0 Å². The number of alkyl halides is 1. The molecule has 2 N–H and O–H groups in total. The number of anilines is 1. The fraction of sp³-hybridized carbons (Fsp3) is 0.760. The molecule has 0 aliphatic rings. The molecule has 0 saturated heterocycles. The first-order valence-corrected chi connectivity index (χ1v) is 13.1. The molecular weight excluding hydrogens is 394 g/mol. The Morgan fingerprint density at radius 2 is 0.889 bits per heavy atom. The van der Waals surface area contributed by atoms with E-state index in [9.17, 15) is 0 Å². The quantitative estimate of drug-likeness (QED) is 0.146. The first-order valence-electron chi connectivity index (χ1n) is 11.5. The van der Waals surface area contributed by atoms with Crippen molar-refractivity contribution in [2.45, 2.75) is 116 Å². The van der Waals surface area contributed by atoms with E-state index in [2.05, 4.69) is 35.0 Å². The van der Waals surface area contributed by atoms with Gasteiger partial charge in [-0.1, -0.05) is 131 Å². The molecule has 0 amide bonds. The van der Waals surface area contributed by atoms with Gasteiger partial charge in [0.25, 0.3) is 0 Å². The summed E-state index contributed by atoms with van der Waals surface area (Å²) in [6, 6.07) is 8.37. The van der Waals surface area contributed by atoms with Crippen LogP contribution >= 0.6 is 15.9 Å². The summed E-state index contributed by atoms with van der Waals surface area (Å²) in [7, 11) is 0. The van der Waals surface area contributed by atoms with Crippen molar-refractivity contribution >= 4 is 21.6 Å². The summed E-state index contributed by atoms with van der Waals surface area (Å²) >= 11 is 2.94. The second kappa shape index (κ2) is 21.8. The van der Waals surface area contributed by atoms with Gasteiger partial charge in [-0.2, -0.15) is 0 Å². The fourth-order valence-corrected chi connectivity index (χ4v) is 3.56. The molecule has 0 radical (unpaired) electrons. The van der Waals surface area contributed by atoms with Crippen molar-refractivity contribution in [1.29, 1.82) is 0 Å². The van der Waals surface area contributed by atoms with Gasteiger partial charge in [0.05, 0.1) is 0 Å². The predicted octanol–water partition coefficient (Wildman–Crippen LogP) is 9.08. The maximum absolute atomic E-state index is 5.72. The molecule has 0 aliphatic heterocycles. The van der Waals surface area contributed by atoms with Gasteiger partial charge in [-0.15, -0.1) is 0 Å². The van der Waals surface area contributed by atoms with Crippen molar-refractivity contribution < 1.29 is 0 Å². The zero-order chi connectivity index (χ0) is 20.0. The lowest BCUT2D eigenvalue weighted by Crippen LogP contribution is -1.88. The van der Waals surface area contributed by atoms with Crippen LogP contribution in [0.25, 0.3) is 0 Å². The third-order valence-corrected chi connectivity index (χ3v) is 5.30. The number of unbranched alkanes of at least 4 members (excludes halogenated alkanes) is 15. The molecule has 1 rings (SSSR count). The maximum Gasteiger partial charge on any atom is 0.0314 e. The molecule has 0 unspecified atom stereocenters. The summed E-state index contributed by atoms with van der Waals surface area (Å²) in [6.45, 7) is 2.29. The SMILES string of the molecule is CBr.CCCCCCCCCCCCCCCCCCc1ccc(N)cc1. The van der Waals surface area contributed by atoms with E-state index in [4.69, 9.17) is 5.73 Å². The highest BCUT2D eigenvalue weighted by Crippen LogP contribution is 2.15. The van der Waals surface area contributed by atoms with Crippen LogP contribution < -0.4 is 5.73 Å². The molecule has 1 aromatic carbocycles. The second-order valence-electron chi connectivity index (χ2n) is 7.79. The zero-order valence-corrected chi connectivity index (χ0v) is 19.9. The van der Waals surface area contributed by atoms with Crippen molar-refractivity contribution in [2.75, 3.05) is 11.6 Å². The normalized spacial score (nSPS) is 10.5. The van der Waals surface area contributed by atoms with Crippen LogP contribution in [-0.4, -0.2) is 5.83 Å². The van der Waals surface area contributed by atoms with Crippen molar-refractivity contribution in [2.24, 2.45) is 0 Å². The van der Waals surface area contributed by atoms with E-state index in [-0.39, 0.29) is 0 Å². The highest BCUT2D eigenvalue weighted by Gasteiger charge is 1.96. The van der Waals surface area contributed by atoms with Gasteiger partial charge in [-0.3, -0.25) is 0 Å². The third kappa shape index (κ3) is 18.6. The molecular formula is C25H46BrN. The number of rotatable bonds is 17. The van der Waals surface area contributed by atoms with Gasteiger partial charge in [0.2, 0.25) is 0 Å². The van der Waals surface area contributed by atoms with Crippen LogP contribution in [-0.2, 0) is 6.42 Å². The lowest BCUT2D eigenvalue weighted by atomic mass is 10.0. The molecule has 0 saturated carbocycles. The average molecular weight is 441 g/mol. The van der Waals surface area contributed by atoms with Gasteiger partial charge in [-0.25, -0.2) is 0 Å². The Bertz CT molecular complexity index is 388. The smallest absolute Gasteiger partial charge is 0.0314 e. The second-order valence-corrected chi connectivity index (χ2v) is 7.79. The summed E-state index contributed by atoms with van der Waals surface area (Å²) in [5, 5.41) is 0. The summed E-state index contributed by atoms with van der Waals surface area (Å²) in [6.07, 6.45) is 24.2. The fourth-order valence-electron chi connectivity index (χ4n) is 3.56. The third-order valence-electron chi connectivity index (χ3n) is 5.30. The van der Waals surface area contributed by atoms with E-state index >= 15 is 0 Å². The Kier molecular flexibility index (Phi) is 21.4. The van der Waals surface area contributed by atoms with Crippen LogP contribution in [0.15, 0.2) is 24.3 Å². The average Bonchev–Trinajstić information content (AvgIpc) is 2.70. The molecule has 158 valence electrons. The molecule has 0 fully saturated rings. The first kappa shape index (κ1) is 26.5. The summed E-state index contributed by atoms with van der Waals surface area (Å²) in [5.74, 6) is 1.81. The summed E-state index contributed by atoms with van der Waals surface area (Å²) < 4.78 is 0. The molecule has 1 nitrogen and oxygen atoms in total. The van der Waals surface area contributed by atoms with Crippen LogP contribution in [0.2, 0.25) is 0 Å². The van der Waals surface area contributed by atoms with E-state index in [0.717, 1.165) is 5.69 Å². The molecule has 0 heterocycles. The largest absolute Gasteiger partial charge is 0.399 e. The van der Waals surface area contributed by atoms with E-state index in [1.165, 1.54) is 115 Å². The van der Waals surface area contributed by atoms with Gasteiger partial charge in [-0.05, 0) is 36.4 Å². The highest BCUT2D eigenvalue weighted by atomic mass is 79.9. The van der Waals surface area contributed by atoms with Crippen molar-refractivity contribution in [3.8, 4) is 0 Å². The molecule has 0 spiro atoms. The Morgan fingerprint density at radius 1 is 0.556 bits per heavy atom. The molecule has 27 heavy (non-hydrogen) atoms. The highest BCUT2D eigenvalue weighted by molar-refractivity contribution is 9.08. The van der Waals surface area contributed by atoms with E-state index < -0.39 is 0 Å². The zero-order valence-electron chi connectivity index (χ0n) is 18.3. The summed E-state index contributed by atoms with van der Waals surface area (Å²) in [4.78, 5) is 0. The Balaban J connectivity index is 0.00000326. The Morgan fingerprint density at radius 3 is 1.26 bits per heavy atom. The minimum absolute atomic E-state index is 0.871. The van der Waals surface area contributed by atoms with Crippen molar-refractivity contribution in [3.63, 3.8) is 0 Å². The van der Waals surface area contributed by atoms with Gasteiger partial charge in [0.15, 0.2) is 0 Å². The monoisotopic (exact) mass is 439 g/mol. The summed E-state index contributed by atoms with van der Waals surface area (Å²) in [5.41, 5.74) is 8.02.